The predicted octanol–water partition coefficient (Wildman–Crippen LogP) is 9.86. The van der Waals surface area contributed by atoms with Crippen LogP contribution in [0.5, 0.6) is 11.5 Å². The number of piperidine rings is 2. The number of likely N-dealkylation sites (tertiary alicyclic amines) is 1. The number of thioether (sulfide) groups is 1. The molecule has 2 aromatic carbocycles. The van der Waals surface area contributed by atoms with E-state index in [9.17, 15) is 23.2 Å². The van der Waals surface area contributed by atoms with Crippen LogP contribution in [0.2, 0.25) is 0 Å². The Morgan fingerprint density at radius 2 is 1.57 bits per heavy atom. The SMILES string of the molecule is CC1SC2C(C(c3ccc(N4CCC5(CCCN(C6CCC(C(=O)NC7CCC(Oc8ccc(C#N)c(OC(F)(F)F)c8)CC7)N[N+]67CCCCCCC7)C5)CC4)cc3)=N[C@@H](C)C3NNC(C)[N+]23C2CCCC2)C1C. The Hall–Kier alpha value is -3.63. The van der Waals surface area contributed by atoms with E-state index in [1.807, 2.05) is 0 Å². The van der Waals surface area contributed by atoms with E-state index in [-0.39, 0.29) is 47.6 Å². The van der Waals surface area contributed by atoms with Gasteiger partial charge in [-0.1, -0.05) is 44.2 Å². The van der Waals surface area contributed by atoms with Gasteiger partial charge in [0.25, 0.3) is 0 Å². The fourth-order valence-corrected chi connectivity index (χ4v) is 18.4. The van der Waals surface area contributed by atoms with E-state index in [1.54, 1.807) is 6.07 Å². The standard InChI is InChI=1S/C58H84F3N10O3S/c1-38-40(3)75-56-52(38)53(63-39(2)54-66-65-41(4)71(54,56)46-13-8-9-14-46)42-15-20-45(21-16-42)68-31-28-57(29-32-68)27-12-30-69(37-57)51-26-25-49(67-70(51)33-10-6-5-7-11-34-70)55(72)64-44-18-23-47(24-19-44)73-48-22-17-43(36-62)50(35-48)74-58(59,60)61/h15-17,20-22,35,38-41,44,46-47,49,51-52,54,56,65-67H,5-14,18-19,23-34,37H2,1-4H3/q+1/p+1/t38?,39-,40?,41?,44?,47?,49?,51?,52?,54?,56?,71?/m0/s1. The van der Waals surface area contributed by atoms with Crippen LogP contribution in [0, 0.1) is 28.6 Å². The van der Waals surface area contributed by atoms with Gasteiger partial charge in [-0.25, -0.2) is 10.0 Å². The molecule has 2 saturated carbocycles. The molecule has 7 heterocycles. The van der Waals surface area contributed by atoms with E-state index < -0.39 is 12.1 Å². The van der Waals surface area contributed by atoms with Crippen molar-refractivity contribution in [1.82, 2.24) is 26.5 Å². The third-order valence-corrected chi connectivity index (χ3v) is 22.1. The second-order valence-corrected chi connectivity index (χ2v) is 26.1. The van der Waals surface area contributed by atoms with Crippen LogP contribution in [-0.2, 0) is 4.79 Å². The summed E-state index contributed by atoms with van der Waals surface area (Å²) in [6.45, 7) is 16.3. The fraction of sp³-hybridized carbons (Fsp3) is 0.741. The maximum atomic E-state index is 14.2. The third-order valence-electron chi connectivity index (χ3n) is 20.3. The largest absolute Gasteiger partial charge is 0.573 e. The first-order valence-electron chi connectivity index (χ1n) is 29.3. The summed E-state index contributed by atoms with van der Waals surface area (Å²) in [5, 5.41) is 13.8. The molecule has 410 valence electrons. The number of hydrazine groups is 1. The highest BCUT2D eigenvalue weighted by Crippen LogP contribution is 2.56. The number of nitrogens with one attached hydrogen (secondary N) is 4. The Morgan fingerprint density at radius 3 is 2.28 bits per heavy atom. The summed E-state index contributed by atoms with van der Waals surface area (Å²) in [6, 6.07) is 15.9. The van der Waals surface area contributed by atoms with Crippen LogP contribution in [0.3, 0.4) is 0 Å². The topological polar surface area (TPSA) is 126 Å². The van der Waals surface area contributed by atoms with Crippen molar-refractivity contribution in [3.63, 3.8) is 0 Å². The molecule has 11 rings (SSSR count). The average molecular weight is 1060 g/mol. The number of aliphatic imine (C=N–C) groups is 1. The molecule has 8 fully saturated rings. The number of nitriles is 1. The molecular formula is C58H85F3N10O3S+2. The normalized spacial score (nSPS) is 36.4. The van der Waals surface area contributed by atoms with Crippen LogP contribution in [0.1, 0.15) is 161 Å². The molecule has 9 unspecified atom stereocenters. The van der Waals surface area contributed by atoms with Crippen molar-refractivity contribution < 1.29 is 36.5 Å². The molecule has 4 N–H and O–H groups in total. The lowest BCUT2D eigenvalue weighted by atomic mass is 9.72. The second-order valence-electron chi connectivity index (χ2n) is 24.6. The molecule has 7 aliphatic heterocycles. The van der Waals surface area contributed by atoms with E-state index in [0.717, 1.165) is 92.9 Å². The van der Waals surface area contributed by atoms with E-state index in [0.29, 0.717) is 59.1 Å². The molecule has 2 spiro atoms. The Kier molecular flexibility index (Phi) is 15.6. The van der Waals surface area contributed by atoms with Gasteiger partial charge in [-0.05, 0) is 157 Å². The van der Waals surface area contributed by atoms with Gasteiger partial charge in [-0.3, -0.25) is 19.2 Å². The van der Waals surface area contributed by atoms with E-state index in [2.05, 4.69) is 99.9 Å². The lowest BCUT2D eigenvalue weighted by molar-refractivity contribution is -1.01. The molecule has 10 atom stereocenters. The molecule has 1 amide bonds. The van der Waals surface area contributed by atoms with Crippen LogP contribution < -0.4 is 36.0 Å². The Bertz CT molecular complexity index is 2390. The number of quaternary nitrogens is 2. The van der Waals surface area contributed by atoms with Crippen LogP contribution in [-0.4, -0.2) is 131 Å². The monoisotopic (exact) mass is 1060 g/mol. The average Bonchev–Trinajstić information content (AvgIpc) is 4.12. The van der Waals surface area contributed by atoms with Crippen molar-refractivity contribution in [3.8, 4) is 17.6 Å². The van der Waals surface area contributed by atoms with Crippen molar-refractivity contribution in [2.45, 2.75) is 215 Å². The molecule has 17 heteroatoms. The van der Waals surface area contributed by atoms with E-state index >= 15 is 0 Å². The number of fused-ring (bicyclic) bond motifs is 3. The number of carbonyl (C=O) groups excluding carboxylic acids is 1. The molecule has 2 aliphatic carbocycles. The Balaban J connectivity index is 0.715. The van der Waals surface area contributed by atoms with Crippen LogP contribution in [0.4, 0.5) is 18.9 Å². The number of rotatable bonds is 9. The van der Waals surface area contributed by atoms with E-state index in [1.165, 1.54) is 99.7 Å². The van der Waals surface area contributed by atoms with Gasteiger partial charge < -0.3 is 19.7 Å². The van der Waals surface area contributed by atoms with E-state index in [4.69, 9.17) is 9.73 Å². The number of amides is 1. The minimum Gasteiger partial charge on any atom is -0.490 e. The first-order valence-corrected chi connectivity index (χ1v) is 30.2. The minimum atomic E-state index is -4.91. The molecule has 0 bridgehead atoms. The summed E-state index contributed by atoms with van der Waals surface area (Å²) < 4.78 is 51.2. The molecule has 6 saturated heterocycles. The number of nitrogens with zero attached hydrogens (tertiary/aromatic N) is 6. The summed E-state index contributed by atoms with van der Waals surface area (Å²) in [5.41, 5.74) is 15.7. The van der Waals surface area contributed by atoms with Crippen LogP contribution >= 0.6 is 11.8 Å². The van der Waals surface area contributed by atoms with Crippen molar-refractivity contribution in [1.29, 1.82) is 5.26 Å². The number of hydrogen-bond acceptors (Lipinski definition) is 11. The number of alkyl halides is 3. The van der Waals surface area contributed by atoms with Gasteiger partial charge in [0.15, 0.2) is 24.2 Å². The molecule has 75 heavy (non-hydrogen) atoms. The first kappa shape index (κ1) is 53.4. The van der Waals surface area contributed by atoms with Crippen LogP contribution in [0.25, 0.3) is 0 Å². The molecule has 13 nitrogen and oxygen atoms in total. The quantitative estimate of drug-likeness (QED) is 0.181. The van der Waals surface area contributed by atoms with Crippen LogP contribution in [0.15, 0.2) is 47.5 Å². The molecule has 0 radical (unpaired) electrons. The highest BCUT2D eigenvalue weighted by atomic mass is 32.2. The molecule has 2 aromatic rings. The number of hydrogen-bond donors (Lipinski definition) is 4. The van der Waals surface area contributed by atoms with Crippen molar-refractivity contribution in [2.75, 3.05) is 44.2 Å². The van der Waals surface area contributed by atoms with Gasteiger partial charge in [-0.15, -0.1) is 13.2 Å². The summed E-state index contributed by atoms with van der Waals surface area (Å²) in [6.07, 6.45) is 16.7. The van der Waals surface area contributed by atoms with Gasteiger partial charge in [-0.2, -0.15) is 16.1 Å². The van der Waals surface area contributed by atoms with Gasteiger partial charge in [0, 0.05) is 62.6 Å². The lowest BCUT2D eigenvalue weighted by Crippen LogP contribution is -2.76. The van der Waals surface area contributed by atoms with Crippen molar-refractivity contribution >= 4 is 29.1 Å². The zero-order valence-corrected chi connectivity index (χ0v) is 45.9. The third kappa shape index (κ3) is 10.6. The second kappa shape index (κ2) is 21.9. The number of anilines is 1. The maximum Gasteiger partial charge on any atom is 0.573 e. The Morgan fingerprint density at radius 1 is 0.853 bits per heavy atom. The summed E-state index contributed by atoms with van der Waals surface area (Å²) in [7, 11) is 0. The molecular weight excluding hydrogens is 974 g/mol. The Labute approximate surface area is 448 Å². The predicted molar refractivity (Wildman–Crippen MR) is 288 cm³/mol. The minimum absolute atomic E-state index is 0.00700. The van der Waals surface area contributed by atoms with Gasteiger partial charge in [0.1, 0.15) is 29.3 Å². The molecule has 0 aromatic heterocycles. The van der Waals surface area contributed by atoms with Gasteiger partial charge in [0.2, 0.25) is 5.91 Å². The van der Waals surface area contributed by atoms with Crippen molar-refractivity contribution in [2.24, 2.45) is 22.2 Å². The highest BCUT2D eigenvalue weighted by molar-refractivity contribution is 8.00. The van der Waals surface area contributed by atoms with Gasteiger partial charge in [0.05, 0.1) is 42.4 Å². The molecule has 9 aliphatic rings. The highest BCUT2D eigenvalue weighted by Gasteiger charge is 2.66. The number of carbonyl (C=O) groups is 1. The summed E-state index contributed by atoms with van der Waals surface area (Å²) in [4.78, 5) is 25.5. The number of benzene rings is 2. The van der Waals surface area contributed by atoms with Crippen molar-refractivity contribution in [3.05, 3.63) is 53.6 Å². The zero-order valence-electron chi connectivity index (χ0n) is 45.1. The smallest absolute Gasteiger partial charge is 0.490 e. The number of halogens is 3. The number of ether oxygens (including phenoxy) is 2. The summed E-state index contributed by atoms with van der Waals surface area (Å²) >= 11 is 2.25. The van der Waals surface area contributed by atoms with Gasteiger partial charge >= 0.3 is 6.36 Å². The fourth-order valence-electron chi connectivity index (χ4n) is 16.3. The summed E-state index contributed by atoms with van der Waals surface area (Å²) in [5.74, 6) is 0.711. The first-order chi connectivity index (χ1) is 36.2. The lowest BCUT2D eigenvalue weighted by Gasteiger charge is -2.56. The zero-order chi connectivity index (χ0) is 52.1. The maximum absolute atomic E-state index is 14.2.